The average Bonchev–Trinajstić information content (AvgIpc) is 3.15. The van der Waals surface area contributed by atoms with Crippen LogP contribution in [0.5, 0.6) is 0 Å². The number of likely N-dealkylation sites (tertiary alicyclic amines) is 1. The Kier molecular flexibility index (Phi) is 4.98. The van der Waals surface area contributed by atoms with Crippen LogP contribution in [0.25, 0.3) is 0 Å². The Labute approximate surface area is 150 Å². The summed E-state index contributed by atoms with van der Waals surface area (Å²) in [5, 5.41) is 0. The van der Waals surface area contributed by atoms with Gasteiger partial charge in [0.1, 0.15) is 0 Å². The third kappa shape index (κ3) is 3.35. The molecule has 2 aliphatic rings. The fourth-order valence-corrected chi connectivity index (χ4v) is 3.99. The molecule has 2 fully saturated rings. The van der Waals surface area contributed by atoms with Crippen molar-refractivity contribution in [2.75, 3.05) is 24.5 Å². The van der Waals surface area contributed by atoms with E-state index in [1.54, 1.807) is 13.0 Å². The number of amides is 1. The predicted molar refractivity (Wildman–Crippen MR) is 101 cm³/mol. The second kappa shape index (κ2) is 7.03. The Morgan fingerprint density at radius 2 is 1.80 bits per heavy atom. The minimum atomic E-state index is -0.316. The van der Waals surface area contributed by atoms with Gasteiger partial charge in [-0.15, -0.1) is 6.58 Å². The predicted octanol–water partition coefficient (Wildman–Crippen LogP) is 4.06. The van der Waals surface area contributed by atoms with Gasteiger partial charge in [-0.2, -0.15) is 0 Å². The molecule has 0 radical (unpaired) electrons. The average molecular weight is 340 g/mol. The van der Waals surface area contributed by atoms with Crippen LogP contribution in [-0.2, 0) is 0 Å². The quantitative estimate of drug-likeness (QED) is 0.613. The molecule has 0 unspecified atom stereocenters. The molecule has 0 saturated carbocycles. The highest BCUT2D eigenvalue weighted by molar-refractivity contribution is 6.04. The summed E-state index contributed by atoms with van der Waals surface area (Å²) in [4.78, 5) is 29.5. The van der Waals surface area contributed by atoms with E-state index in [-0.39, 0.29) is 17.2 Å². The van der Waals surface area contributed by atoms with Crippen molar-refractivity contribution in [2.24, 2.45) is 0 Å². The lowest BCUT2D eigenvalue weighted by molar-refractivity contribution is 0.0507. The number of piperidine rings is 1. The van der Waals surface area contributed by atoms with Gasteiger partial charge in [0.15, 0.2) is 5.78 Å². The summed E-state index contributed by atoms with van der Waals surface area (Å²) < 4.78 is 0. The normalized spacial score (nSPS) is 23.6. The van der Waals surface area contributed by atoms with Crippen molar-refractivity contribution < 1.29 is 9.59 Å². The van der Waals surface area contributed by atoms with E-state index in [2.05, 4.69) is 18.4 Å². The summed E-state index contributed by atoms with van der Waals surface area (Å²) in [7, 11) is 0. The van der Waals surface area contributed by atoms with Crippen LogP contribution < -0.4 is 4.90 Å². The second-order valence-corrected chi connectivity index (χ2v) is 7.46. The van der Waals surface area contributed by atoms with Crippen LogP contribution in [-0.4, -0.2) is 41.8 Å². The van der Waals surface area contributed by atoms with Crippen LogP contribution in [0.15, 0.2) is 30.9 Å². The largest absolute Gasteiger partial charge is 0.371 e. The number of rotatable bonds is 4. The molecule has 1 atom stereocenters. The first-order valence-corrected chi connectivity index (χ1v) is 9.32. The number of hydrogen-bond donors (Lipinski definition) is 0. The lowest BCUT2D eigenvalue weighted by Gasteiger charge is -2.43. The van der Waals surface area contributed by atoms with E-state index < -0.39 is 0 Å². The monoisotopic (exact) mass is 340 g/mol. The number of ketones is 1. The fraction of sp³-hybridized carbons (Fsp3) is 0.524. The fourth-order valence-electron chi connectivity index (χ4n) is 3.99. The molecule has 0 spiro atoms. The van der Waals surface area contributed by atoms with Crippen LogP contribution in [0.1, 0.15) is 66.7 Å². The molecular weight excluding hydrogens is 312 g/mol. The summed E-state index contributed by atoms with van der Waals surface area (Å²) in [6, 6.07) is 5.58. The van der Waals surface area contributed by atoms with Crippen LogP contribution in [0.4, 0.5) is 5.69 Å². The van der Waals surface area contributed by atoms with Gasteiger partial charge >= 0.3 is 0 Å². The van der Waals surface area contributed by atoms with E-state index in [1.807, 2.05) is 23.1 Å². The van der Waals surface area contributed by atoms with Gasteiger partial charge < -0.3 is 9.80 Å². The number of carbonyl (C=O) groups excluding carboxylic acids is 2. The van der Waals surface area contributed by atoms with Crippen molar-refractivity contribution in [1.29, 1.82) is 0 Å². The Hall–Kier alpha value is -2.10. The summed E-state index contributed by atoms with van der Waals surface area (Å²) >= 11 is 0. The van der Waals surface area contributed by atoms with Crippen LogP contribution in [0.3, 0.4) is 0 Å². The van der Waals surface area contributed by atoms with Gasteiger partial charge in [-0.05, 0) is 64.2 Å². The summed E-state index contributed by atoms with van der Waals surface area (Å²) in [6.07, 6.45) is 7.26. The number of nitrogens with zero attached hydrogens (tertiary/aromatic N) is 2. The molecule has 0 aliphatic carbocycles. The van der Waals surface area contributed by atoms with E-state index in [4.69, 9.17) is 0 Å². The Bertz CT molecular complexity index is 691. The molecular formula is C21H28N2O2. The summed E-state index contributed by atoms with van der Waals surface area (Å²) in [5.41, 5.74) is 1.90. The Balaban J connectivity index is 2.03. The van der Waals surface area contributed by atoms with Gasteiger partial charge in [0.25, 0.3) is 5.91 Å². The highest BCUT2D eigenvalue weighted by Crippen LogP contribution is 2.33. The van der Waals surface area contributed by atoms with E-state index in [0.29, 0.717) is 11.1 Å². The van der Waals surface area contributed by atoms with Crippen LogP contribution in [0, 0.1) is 0 Å². The van der Waals surface area contributed by atoms with Gasteiger partial charge in [0, 0.05) is 30.9 Å². The van der Waals surface area contributed by atoms with Crippen molar-refractivity contribution >= 4 is 17.4 Å². The number of Topliss-reactive ketones (excluding diaryl/α,β-unsaturated/α-hetero) is 1. The second-order valence-electron chi connectivity index (χ2n) is 7.46. The lowest BCUT2D eigenvalue weighted by atomic mass is 9.87. The first-order chi connectivity index (χ1) is 12.0. The molecule has 3 rings (SSSR count). The molecule has 2 aliphatic heterocycles. The van der Waals surface area contributed by atoms with Gasteiger partial charge in [-0.1, -0.05) is 6.08 Å². The topological polar surface area (TPSA) is 40.6 Å². The molecule has 1 aromatic rings. The maximum atomic E-state index is 13.5. The zero-order valence-corrected chi connectivity index (χ0v) is 15.4. The Morgan fingerprint density at radius 1 is 1.12 bits per heavy atom. The lowest BCUT2D eigenvalue weighted by Crippen LogP contribution is -2.51. The SMILES string of the molecule is C=C[C@]1(C)CCCCN1C(=O)c1cc(C(C)=O)ccc1N1CCCC1. The Morgan fingerprint density at radius 3 is 2.44 bits per heavy atom. The summed E-state index contributed by atoms with van der Waals surface area (Å²) in [5.74, 6) is 0.0132. The molecule has 0 aromatic heterocycles. The zero-order chi connectivity index (χ0) is 18.0. The van der Waals surface area contributed by atoms with Gasteiger partial charge in [0.2, 0.25) is 0 Å². The highest BCUT2D eigenvalue weighted by Gasteiger charge is 2.36. The number of carbonyl (C=O) groups is 2. The molecule has 134 valence electrons. The maximum Gasteiger partial charge on any atom is 0.256 e. The first-order valence-electron chi connectivity index (χ1n) is 9.32. The maximum absolute atomic E-state index is 13.5. The van der Waals surface area contributed by atoms with Gasteiger partial charge in [-0.25, -0.2) is 0 Å². The standard InChI is InChI=1S/C21H28N2O2/c1-4-21(3)11-5-6-14-23(21)20(25)18-15-17(16(2)24)9-10-19(18)22-12-7-8-13-22/h4,9-10,15H,1,5-8,11-14H2,2-3H3/t21-/m1/s1. The molecule has 2 saturated heterocycles. The minimum Gasteiger partial charge on any atom is -0.371 e. The smallest absolute Gasteiger partial charge is 0.256 e. The first kappa shape index (κ1) is 17.7. The molecule has 1 aromatic carbocycles. The molecule has 0 bridgehead atoms. The van der Waals surface area contributed by atoms with Crippen molar-refractivity contribution in [3.8, 4) is 0 Å². The van der Waals surface area contributed by atoms with Crippen LogP contribution >= 0.6 is 0 Å². The molecule has 25 heavy (non-hydrogen) atoms. The highest BCUT2D eigenvalue weighted by atomic mass is 16.2. The van der Waals surface area contributed by atoms with Crippen molar-refractivity contribution in [3.05, 3.63) is 42.0 Å². The molecule has 2 heterocycles. The van der Waals surface area contributed by atoms with E-state index in [9.17, 15) is 9.59 Å². The third-order valence-electron chi connectivity index (χ3n) is 5.70. The van der Waals surface area contributed by atoms with E-state index in [1.165, 1.54) is 0 Å². The van der Waals surface area contributed by atoms with E-state index >= 15 is 0 Å². The van der Waals surface area contributed by atoms with Crippen molar-refractivity contribution in [2.45, 2.75) is 51.5 Å². The van der Waals surface area contributed by atoms with Gasteiger partial charge in [0.05, 0.1) is 11.1 Å². The van der Waals surface area contributed by atoms with E-state index in [0.717, 1.165) is 57.4 Å². The number of anilines is 1. The zero-order valence-electron chi connectivity index (χ0n) is 15.4. The molecule has 0 N–H and O–H groups in total. The number of hydrogen-bond acceptors (Lipinski definition) is 3. The number of benzene rings is 1. The van der Waals surface area contributed by atoms with Crippen LogP contribution in [0.2, 0.25) is 0 Å². The molecule has 4 nitrogen and oxygen atoms in total. The minimum absolute atomic E-state index is 0.00727. The molecule has 1 amide bonds. The van der Waals surface area contributed by atoms with Gasteiger partial charge in [-0.3, -0.25) is 9.59 Å². The molecule has 4 heteroatoms. The third-order valence-corrected chi connectivity index (χ3v) is 5.70. The van der Waals surface area contributed by atoms with Crippen molar-refractivity contribution in [1.82, 2.24) is 4.90 Å². The summed E-state index contributed by atoms with van der Waals surface area (Å²) in [6.45, 7) is 10.3. The van der Waals surface area contributed by atoms with Crippen molar-refractivity contribution in [3.63, 3.8) is 0 Å².